The van der Waals surface area contributed by atoms with Crippen LogP contribution in [0.4, 0.5) is 22.4 Å². The molecule has 2 fully saturated rings. The van der Waals surface area contributed by atoms with Gasteiger partial charge in [-0.25, -0.2) is 9.18 Å². The van der Waals surface area contributed by atoms with Crippen LogP contribution in [0, 0.1) is 17.7 Å². The van der Waals surface area contributed by atoms with Gasteiger partial charge in [0.1, 0.15) is 12.1 Å². The molecule has 0 bridgehead atoms. The van der Waals surface area contributed by atoms with E-state index >= 15 is 0 Å². The van der Waals surface area contributed by atoms with Gasteiger partial charge in [-0.2, -0.15) is 0 Å². The number of ether oxygens (including phenoxy) is 2. The van der Waals surface area contributed by atoms with Gasteiger partial charge in [-0.05, 0) is 35.9 Å². The molecule has 0 spiro atoms. The van der Waals surface area contributed by atoms with Gasteiger partial charge >= 0.3 is 12.5 Å². The number of fused-ring (bicyclic) bond motifs is 2. The smallest absolute Gasteiger partial charge is 0.445 e. The van der Waals surface area contributed by atoms with Crippen LogP contribution in [-0.4, -0.2) is 69.8 Å². The Hall–Kier alpha value is -3.90. The SMILES string of the molecule is O=C(OCc1ccc(F)c(OC(F)(F)F)c1)N1C[C@@H]2CN(C(=O)c3ccc4[nH]nnc4c3)C[C@@H]2C1. The van der Waals surface area contributed by atoms with Crippen LogP contribution in [0.1, 0.15) is 15.9 Å². The Bertz CT molecular complexity index is 1270. The number of likely N-dealkylation sites (tertiary alicyclic amines) is 2. The zero-order valence-corrected chi connectivity index (χ0v) is 18.1. The monoisotopic (exact) mass is 493 g/mol. The molecule has 0 radical (unpaired) electrons. The second-order valence-corrected chi connectivity index (χ2v) is 8.55. The highest BCUT2D eigenvalue weighted by atomic mass is 19.4. The van der Waals surface area contributed by atoms with Crippen molar-refractivity contribution in [3.8, 4) is 5.75 Å². The molecule has 0 aliphatic carbocycles. The van der Waals surface area contributed by atoms with Gasteiger partial charge in [0.25, 0.3) is 5.91 Å². The quantitative estimate of drug-likeness (QED) is 0.560. The summed E-state index contributed by atoms with van der Waals surface area (Å²) in [6.45, 7) is 1.41. The summed E-state index contributed by atoms with van der Waals surface area (Å²) in [6, 6.07) is 8.01. The van der Waals surface area contributed by atoms with Gasteiger partial charge in [0.05, 0.1) is 5.52 Å². The summed E-state index contributed by atoms with van der Waals surface area (Å²) in [5.41, 5.74) is 2.00. The summed E-state index contributed by atoms with van der Waals surface area (Å²) in [4.78, 5) is 28.7. The maximum Gasteiger partial charge on any atom is 0.573 e. The van der Waals surface area contributed by atoms with Gasteiger partial charge in [0.15, 0.2) is 11.6 Å². The van der Waals surface area contributed by atoms with E-state index in [0.29, 0.717) is 37.3 Å². The number of alkyl halides is 3. The zero-order chi connectivity index (χ0) is 24.7. The number of benzene rings is 2. The first-order valence-electron chi connectivity index (χ1n) is 10.7. The normalized spacial score (nSPS) is 19.8. The van der Waals surface area contributed by atoms with E-state index in [2.05, 4.69) is 20.1 Å². The number of rotatable bonds is 4. The molecule has 1 aromatic heterocycles. The van der Waals surface area contributed by atoms with Crippen molar-refractivity contribution in [2.24, 2.45) is 11.8 Å². The van der Waals surface area contributed by atoms with Gasteiger partial charge in [-0.1, -0.05) is 11.3 Å². The standard InChI is InChI=1S/C22H19F4N5O4/c23-16-3-1-12(5-19(16)35-22(24,25)26)11-34-21(33)31-9-14-7-30(8-15(14)10-31)20(32)13-2-4-17-18(6-13)28-29-27-17/h1-6,14-15H,7-11H2,(H,27,28,29)/t14-,15+. The number of halogens is 4. The Labute approximate surface area is 195 Å². The third-order valence-corrected chi connectivity index (χ3v) is 6.19. The molecule has 2 aliphatic rings. The second-order valence-electron chi connectivity index (χ2n) is 8.55. The van der Waals surface area contributed by atoms with Crippen LogP contribution in [-0.2, 0) is 11.3 Å². The van der Waals surface area contributed by atoms with E-state index in [4.69, 9.17) is 4.74 Å². The number of nitrogens with zero attached hydrogens (tertiary/aromatic N) is 4. The number of nitrogens with one attached hydrogen (secondary N) is 1. The predicted octanol–water partition coefficient (Wildman–Crippen LogP) is 3.34. The first-order chi connectivity index (χ1) is 16.7. The van der Waals surface area contributed by atoms with Crippen molar-refractivity contribution >= 4 is 23.0 Å². The summed E-state index contributed by atoms with van der Waals surface area (Å²) < 4.78 is 59.6. The molecule has 0 unspecified atom stereocenters. The van der Waals surface area contributed by atoms with Crippen molar-refractivity contribution in [3.05, 3.63) is 53.3 Å². The zero-order valence-electron chi connectivity index (χ0n) is 18.1. The average Bonchev–Trinajstić information content (AvgIpc) is 3.52. The van der Waals surface area contributed by atoms with Crippen LogP contribution < -0.4 is 4.74 Å². The number of carbonyl (C=O) groups excluding carboxylic acids is 2. The first kappa shape index (κ1) is 22.9. The van der Waals surface area contributed by atoms with Gasteiger partial charge in [-0.15, -0.1) is 18.3 Å². The molecule has 3 heterocycles. The number of aromatic nitrogens is 3. The molecule has 2 saturated heterocycles. The highest BCUT2D eigenvalue weighted by Crippen LogP contribution is 2.33. The summed E-state index contributed by atoms with van der Waals surface area (Å²) in [6.07, 6.45) is -5.67. The Morgan fingerprint density at radius 3 is 2.46 bits per heavy atom. The van der Waals surface area contributed by atoms with Crippen molar-refractivity contribution < 1.29 is 36.6 Å². The lowest BCUT2D eigenvalue weighted by Gasteiger charge is -2.21. The van der Waals surface area contributed by atoms with E-state index in [1.54, 1.807) is 23.1 Å². The van der Waals surface area contributed by atoms with E-state index in [0.717, 1.165) is 17.6 Å². The van der Waals surface area contributed by atoms with E-state index in [9.17, 15) is 27.2 Å². The molecular weight excluding hydrogens is 474 g/mol. The molecule has 2 aliphatic heterocycles. The van der Waals surface area contributed by atoms with Gasteiger partial charge in [-0.3, -0.25) is 9.89 Å². The van der Waals surface area contributed by atoms with Crippen LogP contribution in [0.2, 0.25) is 0 Å². The lowest BCUT2D eigenvalue weighted by molar-refractivity contribution is -0.275. The Balaban J connectivity index is 1.14. The number of H-pyrrole nitrogens is 1. The third-order valence-electron chi connectivity index (χ3n) is 6.19. The van der Waals surface area contributed by atoms with Crippen molar-refractivity contribution in [2.75, 3.05) is 26.2 Å². The third kappa shape index (κ3) is 4.84. The summed E-state index contributed by atoms with van der Waals surface area (Å²) in [5.74, 6) is -2.12. The maximum atomic E-state index is 13.6. The van der Waals surface area contributed by atoms with Crippen LogP contribution in [0.15, 0.2) is 36.4 Å². The molecule has 9 nitrogen and oxygen atoms in total. The topological polar surface area (TPSA) is 101 Å². The van der Waals surface area contributed by atoms with E-state index < -0.39 is 24.0 Å². The lowest BCUT2D eigenvalue weighted by atomic mass is 10.0. The molecule has 2 aromatic carbocycles. The maximum absolute atomic E-state index is 13.6. The minimum atomic E-state index is -5.04. The molecule has 2 atom stereocenters. The predicted molar refractivity (Wildman–Crippen MR) is 112 cm³/mol. The van der Waals surface area contributed by atoms with Gasteiger partial charge < -0.3 is 19.3 Å². The molecule has 184 valence electrons. The fourth-order valence-electron chi connectivity index (χ4n) is 4.54. The minimum absolute atomic E-state index is 0.0832. The Morgan fingerprint density at radius 1 is 1.03 bits per heavy atom. The molecule has 2 amide bonds. The van der Waals surface area contributed by atoms with Crippen molar-refractivity contribution in [1.29, 1.82) is 0 Å². The van der Waals surface area contributed by atoms with Gasteiger partial charge in [0.2, 0.25) is 0 Å². The summed E-state index contributed by atoms with van der Waals surface area (Å²) >= 11 is 0. The molecule has 35 heavy (non-hydrogen) atoms. The van der Waals surface area contributed by atoms with Crippen LogP contribution in [0.25, 0.3) is 11.0 Å². The second kappa shape index (κ2) is 8.71. The highest BCUT2D eigenvalue weighted by Gasteiger charge is 2.43. The van der Waals surface area contributed by atoms with Crippen LogP contribution >= 0.6 is 0 Å². The average molecular weight is 493 g/mol. The number of carbonyl (C=O) groups is 2. The molecule has 0 saturated carbocycles. The molecule has 5 rings (SSSR count). The first-order valence-corrected chi connectivity index (χ1v) is 10.7. The number of hydrogen-bond acceptors (Lipinski definition) is 6. The van der Waals surface area contributed by atoms with Crippen molar-refractivity contribution in [1.82, 2.24) is 25.2 Å². The summed E-state index contributed by atoms with van der Waals surface area (Å²) in [5, 5.41) is 10.4. The van der Waals surface area contributed by atoms with E-state index in [-0.39, 0.29) is 29.9 Å². The van der Waals surface area contributed by atoms with E-state index in [1.807, 2.05) is 0 Å². The molecule has 1 N–H and O–H groups in total. The minimum Gasteiger partial charge on any atom is -0.445 e. The van der Waals surface area contributed by atoms with Crippen molar-refractivity contribution in [2.45, 2.75) is 13.0 Å². The molecule has 3 aromatic rings. The Morgan fingerprint density at radius 2 is 1.74 bits per heavy atom. The van der Waals surface area contributed by atoms with E-state index in [1.165, 1.54) is 11.0 Å². The van der Waals surface area contributed by atoms with Crippen LogP contribution in [0.5, 0.6) is 5.75 Å². The largest absolute Gasteiger partial charge is 0.573 e. The van der Waals surface area contributed by atoms with Crippen LogP contribution in [0.3, 0.4) is 0 Å². The Kier molecular flexibility index (Phi) is 5.69. The fourth-order valence-corrected chi connectivity index (χ4v) is 4.54. The molecule has 13 heteroatoms. The molecular formula is C22H19F4N5O4. The van der Waals surface area contributed by atoms with Gasteiger partial charge in [0, 0.05) is 43.6 Å². The highest BCUT2D eigenvalue weighted by molar-refractivity contribution is 5.97. The number of amides is 2. The summed E-state index contributed by atoms with van der Waals surface area (Å²) in [7, 11) is 0. The lowest BCUT2D eigenvalue weighted by Crippen LogP contribution is -2.35. The van der Waals surface area contributed by atoms with Crippen molar-refractivity contribution in [3.63, 3.8) is 0 Å². The number of aromatic amines is 1. The fraction of sp³-hybridized carbons (Fsp3) is 0.364. The number of hydrogen-bond donors (Lipinski definition) is 1.